The van der Waals surface area contributed by atoms with Crippen LogP contribution in [0.3, 0.4) is 0 Å². The maximum Gasteiger partial charge on any atom is 0.264 e. The Labute approximate surface area is 118 Å². The lowest BCUT2D eigenvalue weighted by atomic mass is 10.2. The molecule has 0 bridgehead atoms. The lowest BCUT2D eigenvalue weighted by Crippen LogP contribution is -2.38. The van der Waals surface area contributed by atoms with Crippen molar-refractivity contribution < 1.29 is 22.3 Å². The summed E-state index contributed by atoms with van der Waals surface area (Å²) in [5, 5.41) is -0.722. The number of hydrogen-bond donors (Lipinski definition) is 1. The molecule has 1 aromatic carbocycles. The van der Waals surface area contributed by atoms with E-state index >= 15 is 0 Å². The van der Waals surface area contributed by atoms with Crippen molar-refractivity contribution in [2.75, 3.05) is 13.2 Å². The second-order valence-corrected chi connectivity index (χ2v) is 6.91. The average Bonchev–Trinajstić information content (AvgIpc) is 2.86. The second-order valence-electron chi connectivity index (χ2n) is 4.09. The van der Waals surface area contributed by atoms with Crippen LogP contribution >= 0.6 is 15.9 Å². The third-order valence-corrected chi connectivity index (χ3v) is 5.07. The molecule has 104 valence electrons. The van der Waals surface area contributed by atoms with E-state index in [1.807, 2.05) is 4.72 Å². The van der Waals surface area contributed by atoms with Gasteiger partial charge in [-0.3, -0.25) is 4.79 Å². The number of nitrogens with one attached hydrogen (secondary N) is 1. The van der Waals surface area contributed by atoms with Crippen LogP contribution in [0.1, 0.15) is 16.8 Å². The second kappa shape index (κ2) is 5.56. The van der Waals surface area contributed by atoms with Crippen LogP contribution in [0, 0.1) is 5.82 Å². The lowest BCUT2D eigenvalue weighted by molar-refractivity contribution is 0.0981. The Morgan fingerprint density at radius 2 is 2.21 bits per heavy atom. The van der Waals surface area contributed by atoms with Gasteiger partial charge in [0.2, 0.25) is 10.0 Å². The molecule has 0 saturated carbocycles. The summed E-state index contributed by atoms with van der Waals surface area (Å²) < 4.78 is 43.8. The summed E-state index contributed by atoms with van der Waals surface area (Å²) >= 11 is 2.94. The van der Waals surface area contributed by atoms with Crippen molar-refractivity contribution in [3.8, 4) is 0 Å². The number of benzene rings is 1. The maximum atomic E-state index is 13.0. The fourth-order valence-corrected chi connectivity index (χ4v) is 3.27. The van der Waals surface area contributed by atoms with Gasteiger partial charge in [-0.1, -0.05) is 0 Å². The topological polar surface area (TPSA) is 72.5 Å². The monoisotopic (exact) mass is 351 g/mol. The van der Waals surface area contributed by atoms with E-state index in [0.717, 1.165) is 6.07 Å². The number of sulfonamides is 1. The van der Waals surface area contributed by atoms with E-state index in [9.17, 15) is 17.6 Å². The smallest absolute Gasteiger partial charge is 0.264 e. The highest BCUT2D eigenvalue weighted by Crippen LogP contribution is 2.18. The van der Waals surface area contributed by atoms with Gasteiger partial charge in [-0.05, 0) is 40.5 Å². The normalized spacial score (nSPS) is 19.4. The average molecular weight is 352 g/mol. The number of halogens is 2. The first-order chi connectivity index (χ1) is 8.90. The van der Waals surface area contributed by atoms with E-state index in [0.29, 0.717) is 13.0 Å². The number of carbonyl (C=O) groups excluding carboxylic acids is 1. The van der Waals surface area contributed by atoms with Crippen LogP contribution in [0.25, 0.3) is 0 Å². The van der Waals surface area contributed by atoms with Crippen LogP contribution in [0.4, 0.5) is 4.39 Å². The Balaban J connectivity index is 2.14. The molecule has 1 heterocycles. The molecule has 1 saturated heterocycles. The van der Waals surface area contributed by atoms with Crippen LogP contribution in [0.15, 0.2) is 22.7 Å². The zero-order valence-electron chi connectivity index (χ0n) is 9.73. The number of ether oxygens (including phenoxy) is 1. The molecular weight excluding hydrogens is 341 g/mol. The first kappa shape index (κ1) is 14.4. The zero-order chi connectivity index (χ0) is 14.0. The zero-order valence-corrected chi connectivity index (χ0v) is 12.1. The third-order valence-electron chi connectivity index (χ3n) is 2.74. The van der Waals surface area contributed by atoms with Gasteiger partial charge in [0.15, 0.2) is 0 Å². The molecule has 1 aliphatic heterocycles. The van der Waals surface area contributed by atoms with Crippen LogP contribution in [-0.2, 0) is 14.8 Å². The quantitative estimate of drug-likeness (QED) is 0.894. The van der Waals surface area contributed by atoms with Gasteiger partial charge in [-0.2, -0.15) is 0 Å². The molecule has 0 spiro atoms. The number of rotatable bonds is 3. The van der Waals surface area contributed by atoms with Gasteiger partial charge in [-0.15, -0.1) is 0 Å². The van der Waals surface area contributed by atoms with Crippen molar-refractivity contribution in [1.82, 2.24) is 4.72 Å². The number of amides is 1. The van der Waals surface area contributed by atoms with Gasteiger partial charge in [0.1, 0.15) is 11.1 Å². The van der Waals surface area contributed by atoms with Crippen LogP contribution < -0.4 is 4.72 Å². The largest absolute Gasteiger partial charge is 0.380 e. The van der Waals surface area contributed by atoms with Gasteiger partial charge < -0.3 is 4.74 Å². The van der Waals surface area contributed by atoms with Crippen LogP contribution in [0.5, 0.6) is 0 Å². The summed E-state index contributed by atoms with van der Waals surface area (Å²) in [5.74, 6) is -1.31. The molecule has 1 N–H and O–H groups in total. The fourth-order valence-electron chi connectivity index (χ4n) is 1.67. The molecule has 1 fully saturated rings. The fraction of sp³-hybridized carbons (Fsp3) is 0.364. The Hall–Kier alpha value is -0.990. The summed E-state index contributed by atoms with van der Waals surface area (Å²) in [4.78, 5) is 11.8. The SMILES string of the molecule is O=C(NS(=O)(=O)C1CCOC1)c1ccc(F)c(Br)c1. The van der Waals surface area contributed by atoms with E-state index in [4.69, 9.17) is 4.74 Å². The molecule has 0 aliphatic carbocycles. The Morgan fingerprint density at radius 3 is 2.79 bits per heavy atom. The van der Waals surface area contributed by atoms with E-state index in [-0.39, 0.29) is 16.6 Å². The Bertz CT molecular complexity index is 599. The van der Waals surface area contributed by atoms with E-state index in [2.05, 4.69) is 15.9 Å². The first-order valence-electron chi connectivity index (χ1n) is 5.49. The van der Waals surface area contributed by atoms with Crippen molar-refractivity contribution in [2.45, 2.75) is 11.7 Å². The van der Waals surface area contributed by atoms with Crippen LogP contribution in [0.2, 0.25) is 0 Å². The highest BCUT2D eigenvalue weighted by Gasteiger charge is 2.31. The molecule has 0 radical (unpaired) electrons. The minimum atomic E-state index is -3.76. The molecule has 8 heteroatoms. The molecule has 19 heavy (non-hydrogen) atoms. The molecule has 1 atom stereocenters. The summed E-state index contributed by atoms with van der Waals surface area (Å²) in [5.41, 5.74) is 0.0655. The summed E-state index contributed by atoms with van der Waals surface area (Å²) in [6.07, 6.45) is 0.357. The van der Waals surface area contributed by atoms with Crippen LogP contribution in [-0.4, -0.2) is 32.8 Å². The van der Waals surface area contributed by atoms with Gasteiger partial charge in [0, 0.05) is 12.2 Å². The van der Waals surface area contributed by atoms with Crippen molar-refractivity contribution in [3.05, 3.63) is 34.1 Å². The van der Waals surface area contributed by atoms with Gasteiger partial charge >= 0.3 is 0 Å². The van der Waals surface area contributed by atoms with Crippen molar-refractivity contribution in [1.29, 1.82) is 0 Å². The van der Waals surface area contributed by atoms with E-state index < -0.39 is 27.0 Å². The van der Waals surface area contributed by atoms with E-state index in [1.165, 1.54) is 12.1 Å². The van der Waals surface area contributed by atoms with Gasteiger partial charge in [0.05, 0.1) is 11.1 Å². The van der Waals surface area contributed by atoms with Crippen molar-refractivity contribution >= 4 is 31.9 Å². The number of hydrogen-bond acceptors (Lipinski definition) is 4. The minimum Gasteiger partial charge on any atom is -0.380 e. The third kappa shape index (κ3) is 3.31. The Morgan fingerprint density at radius 1 is 1.47 bits per heavy atom. The highest BCUT2D eigenvalue weighted by atomic mass is 79.9. The van der Waals surface area contributed by atoms with Gasteiger partial charge in [0.25, 0.3) is 5.91 Å². The molecule has 1 aromatic rings. The standard InChI is InChI=1S/C11H11BrFNO4S/c12-9-5-7(1-2-10(9)13)11(15)14-19(16,17)8-3-4-18-6-8/h1-2,5,8H,3-4,6H2,(H,14,15). The summed E-state index contributed by atoms with van der Waals surface area (Å²) in [6.45, 7) is 0.442. The Kier molecular flexibility index (Phi) is 4.22. The molecule has 1 unspecified atom stereocenters. The molecular formula is C11H11BrFNO4S. The summed E-state index contributed by atoms with van der Waals surface area (Å²) in [7, 11) is -3.76. The molecule has 2 rings (SSSR count). The van der Waals surface area contributed by atoms with Crippen molar-refractivity contribution in [3.63, 3.8) is 0 Å². The number of carbonyl (C=O) groups is 1. The minimum absolute atomic E-state index is 0.0655. The first-order valence-corrected chi connectivity index (χ1v) is 7.83. The van der Waals surface area contributed by atoms with E-state index in [1.54, 1.807) is 0 Å². The highest BCUT2D eigenvalue weighted by molar-refractivity contribution is 9.10. The lowest BCUT2D eigenvalue weighted by Gasteiger charge is -2.11. The molecule has 0 aromatic heterocycles. The predicted octanol–water partition coefficient (Wildman–Crippen LogP) is 1.44. The molecule has 1 aliphatic rings. The molecule has 1 amide bonds. The predicted molar refractivity (Wildman–Crippen MR) is 69.7 cm³/mol. The molecule has 5 nitrogen and oxygen atoms in total. The van der Waals surface area contributed by atoms with Crippen molar-refractivity contribution in [2.24, 2.45) is 0 Å². The van der Waals surface area contributed by atoms with Gasteiger partial charge in [-0.25, -0.2) is 17.5 Å². The maximum absolute atomic E-state index is 13.0. The summed E-state index contributed by atoms with van der Waals surface area (Å²) in [6, 6.07) is 3.53.